The molecule has 1 rings (SSSR count). The summed E-state index contributed by atoms with van der Waals surface area (Å²) >= 11 is 0. The summed E-state index contributed by atoms with van der Waals surface area (Å²) in [7, 11) is 0. The van der Waals surface area contributed by atoms with Crippen molar-refractivity contribution in [2.24, 2.45) is 0 Å². The molecular weight excluding hydrogens is 176 g/mol. The summed E-state index contributed by atoms with van der Waals surface area (Å²) in [5, 5.41) is 0. The van der Waals surface area contributed by atoms with Crippen molar-refractivity contribution < 1.29 is 9.21 Å². The van der Waals surface area contributed by atoms with Crippen LogP contribution in [0.25, 0.3) is 0 Å². The van der Waals surface area contributed by atoms with Crippen LogP contribution in [0.15, 0.2) is 10.5 Å². The van der Waals surface area contributed by atoms with E-state index in [4.69, 9.17) is 4.42 Å². The molecule has 0 aliphatic heterocycles. The van der Waals surface area contributed by atoms with Crippen LogP contribution >= 0.6 is 0 Å². The summed E-state index contributed by atoms with van der Waals surface area (Å²) in [6.45, 7) is 8.25. The van der Waals surface area contributed by atoms with Gasteiger partial charge in [-0.15, -0.1) is 0 Å². The topological polar surface area (TPSA) is 30.2 Å². The number of hydrogen-bond acceptors (Lipinski definition) is 2. The van der Waals surface area contributed by atoms with Gasteiger partial charge in [-0.05, 0) is 12.5 Å². The highest BCUT2D eigenvalue weighted by Gasteiger charge is 2.23. The maximum absolute atomic E-state index is 10.8. The molecule has 0 bridgehead atoms. The van der Waals surface area contributed by atoms with Gasteiger partial charge in [0.15, 0.2) is 6.29 Å². The molecule has 78 valence electrons. The Balaban J connectivity index is 3.09. The lowest BCUT2D eigenvalue weighted by Gasteiger charge is -2.15. The van der Waals surface area contributed by atoms with Crippen molar-refractivity contribution in [2.45, 2.75) is 46.0 Å². The minimum Gasteiger partial charge on any atom is -0.465 e. The molecule has 0 radical (unpaired) electrons. The second-order valence-corrected chi connectivity index (χ2v) is 4.62. The minimum absolute atomic E-state index is 0.0950. The van der Waals surface area contributed by atoms with Crippen molar-refractivity contribution in [3.05, 3.63) is 23.2 Å². The van der Waals surface area contributed by atoms with E-state index >= 15 is 0 Å². The Kier molecular flexibility index (Phi) is 3.14. The fraction of sp³-hybridized carbons (Fsp3) is 0.583. The molecule has 0 unspecified atom stereocenters. The quantitative estimate of drug-likeness (QED) is 0.691. The number of furan rings is 1. The molecular formula is C12H18O2. The molecule has 1 aromatic rings. The third-order valence-corrected chi connectivity index (χ3v) is 2.12. The molecule has 0 atom stereocenters. The van der Waals surface area contributed by atoms with Crippen LogP contribution in [-0.4, -0.2) is 6.29 Å². The Hall–Kier alpha value is -1.05. The predicted octanol–water partition coefficient (Wildman–Crippen LogP) is 3.34. The average molecular weight is 194 g/mol. The molecule has 14 heavy (non-hydrogen) atoms. The lowest BCUT2D eigenvalue weighted by molar-refractivity contribution is 0.112. The first-order chi connectivity index (χ1) is 6.49. The summed E-state index contributed by atoms with van der Waals surface area (Å²) in [5.41, 5.74) is 0.600. The first kappa shape index (κ1) is 11.0. The molecule has 1 aromatic heterocycles. The van der Waals surface area contributed by atoms with Crippen LogP contribution in [0.3, 0.4) is 0 Å². The van der Waals surface area contributed by atoms with Crippen molar-refractivity contribution in [3.8, 4) is 0 Å². The van der Waals surface area contributed by atoms with Crippen molar-refractivity contribution >= 4 is 6.29 Å². The lowest BCUT2D eigenvalue weighted by Crippen LogP contribution is -2.11. The first-order valence-corrected chi connectivity index (χ1v) is 5.07. The Labute approximate surface area is 85.3 Å². The van der Waals surface area contributed by atoms with Crippen molar-refractivity contribution in [2.75, 3.05) is 0 Å². The van der Waals surface area contributed by atoms with E-state index < -0.39 is 0 Å². The Morgan fingerprint density at radius 3 is 2.43 bits per heavy atom. The van der Waals surface area contributed by atoms with Crippen molar-refractivity contribution in [1.82, 2.24) is 0 Å². The molecule has 1 heterocycles. The fourth-order valence-electron chi connectivity index (χ4n) is 1.50. The van der Waals surface area contributed by atoms with E-state index in [1.165, 1.54) is 0 Å². The first-order valence-electron chi connectivity index (χ1n) is 5.07. The Bertz CT molecular complexity index is 316. The van der Waals surface area contributed by atoms with Crippen LogP contribution in [0.4, 0.5) is 0 Å². The van der Waals surface area contributed by atoms with Gasteiger partial charge in [-0.3, -0.25) is 4.79 Å². The molecule has 0 aliphatic rings. The van der Waals surface area contributed by atoms with Crippen LogP contribution < -0.4 is 0 Å². The zero-order valence-electron chi connectivity index (χ0n) is 9.39. The number of aryl methyl sites for hydroxylation is 1. The van der Waals surface area contributed by atoms with E-state index in [-0.39, 0.29) is 5.41 Å². The zero-order valence-corrected chi connectivity index (χ0v) is 9.39. The molecule has 0 N–H and O–H groups in total. The number of rotatable bonds is 3. The molecule has 0 fully saturated rings. The van der Waals surface area contributed by atoms with Crippen LogP contribution in [0.2, 0.25) is 0 Å². The summed E-state index contributed by atoms with van der Waals surface area (Å²) in [5.74, 6) is 1.72. The largest absolute Gasteiger partial charge is 0.465 e. The normalized spacial score (nSPS) is 11.7. The molecule has 0 aromatic carbocycles. The summed E-state index contributed by atoms with van der Waals surface area (Å²) < 4.78 is 5.68. The second kappa shape index (κ2) is 3.99. The van der Waals surface area contributed by atoms with Crippen LogP contribution in [0, 0.1) is 0 Å². The molecule has 0 aliphatic carbocycles. The van der Waals surface area contributed by atoms with E-state index in [1.54, 1.807) is 0 Å². The third kappa shape index (κ3) is 2.25. The van der Waals surface area contributed by atoms with E-state index in [0.717, 1.165) is 30.6 Å². The number of hydrogen-bond donors (Lipinski definition) is 0. The molecule has 2 nitrogen and oxygen atoms in total. The van der Waals surface area contributed by atoms with Gasteiger partial charge >= 0.3 is 0 Å². The smallest absolute Gasteiger partial charge is 0.153 e. The predicted molar refractivity (Wildman–Crippen MR) is 56.8 cm³/mol. The van der Waals surface area contributed by atoms with Gasteiger partial charge < -0.3 is 4.42 Å². The highest BCUT2D eigenvalue weighted by molar-refractivity contribution is 5.77. The summed E-state index contributed by atoms with van der Waals surface area (Å²) in [6, 6.07) is 1.86. The monoisotopic (exact) mass is 194 g/mol. The summed E-state index contributed by atoms with van der Waals surface area (Å²) in [6.07, 6.45) is 2.82. The zero-order chi connectivity index (χ0) is 10.8. The van der Waals surface area contributed by atoms with Crippen LogP contribution in [-0.2, 0) is 11.8 Å². The van der Waals surface area contributed by atoms with Gasteiger partial charge in [-0.1, -0.05) is 27.7 Å². The van der Waals surface area contributed by atoms with Gasteiger partial charge in [0.1, 0.15) is 11.5 Å². The van der Waals surface area contributed by atoms with Crippen LogP contribution in [0.1, 0.15) is 56.0 Å². The third-order valence-electron chi connectivity index (χ3n) is 2.12. The van der Waals surface area contributed by atoms with Gasteiger partial charge in [-0.2, -0.15) is 0 Å². The maximum atomic E-state index is 10.8. The van der Waals surface area contributed by atoms with E-state index in [1.807, 2.05) is 6.07 Å². The highest BCUT2D eigenvalue weighted by atomic mass is 16.3. The number of carbonyl (C=O) groups is 1. The van der Waals surface area contributed by atoms with Gasteiger partial charge in [-0.25, -0.2) is 0 Å². The molecule has 0 saturated carbocycles. The lowest BCUT2D eigenvalue weighted by atomic mass is 9.91. The standard InChI is InChI=1S/C12H18O2/c1-5-6-10-7-9(8-13)11(14-10)12(2,3)4/h7-8H,5-6H2,1-4H3. The highest BCUT2D eigenvalue weighted by Crippen LogP contribution is 2.28. The molecule has 0 saturated heterocycles. The van der Waals surface area contributed by atoms with Crippen LogP contribution in [0.5, 0.6) is 0 Å². The van der Waals surface area contributed by atoms with Gasteiger partial charge in [0.05, 0.1) is 5.56 Å². The average Bonchev–Trinajstić information content (AvgIpc) is 2.47. The van der Waals surface area contributed by atoms with Gasteiger partial charge in [0.2, 0.25) is 0 Å². The summed E-state index contributed by atoms with van der Waals surface area (Å²) in [4.78, 5) is 10.8. The second-order valence-electron chi connectivity index (χ2n) is 4.62. The number of aldehydes is 1. The minimum atomic E-state index is -0.0950. The fourth-order valence-corrected chi connectivity index (χ4v) is 1.50. The number of carbonyl (C=O) groups excluding carboxylic acids is 1. The van der Waals surface area contributed by atoms with E-state index in [0.29, 0.717) is 5.56 Å². The molecule has 0 amide bonds. The Morgan fingerprint density at radius 1 is 1.43 bits per heavy atom. The molecule has 0 spiro atoms. The van der Waals surface area contributed by atoms with E-state index in [9.17, 15) is 4.79 Å². The van der Waals surface area contributed by atoms with E-state index in [2.05, 4.69) is 27.7 Å². The maximum Gasteiger partial charge on any atom is 0.153 e. The molecule has 2 heteroatoms. The van der Waals surface area contributed by atoms with Crippen molar-refractivity contribution in [1.29, 1.82) is 0 Å². The van der Waals surface area contributed by atoms with Gasteiger partial charge in [0, 0.05) is 11.8 Å². The van der Waals surface area contributed by atoms with Gasteiger partial charge in [0.25, 0.3) is 0 Å². The SMILES string of the molecule is CCCc1cc(C=O)c(C(C)(C)C)o1. The van der Waals surface area contributed by atoms with Crippen molar-refractivity contribution in [3.63, 3.8) is 0 Å². The Morgan fingerprint density at radius 2 is 2.07 bits per heavy atom.